The molecule has 0 aromatic heterocycles. The second-order valence-electron chi connectivity index (χ2n) is 7.21. The minimum Gasteiger partial charge on any atom is -0.496 e. The molecule has 3 rings (SSSR count). The molecule has 2 aliphatic rings. The van der Waals surface area contributed by atoms with E-state index in [1.807, 2.05) is 30.0 Å². The molecule has 0 unspecified atom stereocenters. The lowest BCUT2D eigenvalue weighted by atomic mass is 9.97. The fourth-order valence-corrected chi connectivity index (χ4v) is 3.74. The lowest BCUT2D eigenvalue weighted by molar-refractivity contribution is -0.192. The molecule has 1 aliphatic heterocycles. The molecule has 0 bridgehead atoms. The number of fused-ring (bicyclic) bond motifs is 1. The molecular weight excluding hydrogens is 399 g/mol. The number of piperidine rings is 1. The topological polar surface area (TPSA) is 124 Å². The van der Waals surface area contributed by atoms with Gasteiger partial charge in [-0.1, -0.05) is 12.1 Å². The van der Waals surface area contributed by atoms with Gasteiger partial charge in [0, 0.05) is 25.2 Å². The van der Waals surface area contributed by atoms with Gasteiger partial charge in [-0.25, -0.2) is 4.79 Å². The molecule has 1 heterocycles. The summed E-state index contributed by atoms with van der Waals surface area (Å²) in [5.41, 5.74) is -0.238. The maximum atomic E-state index is 11.5. The Morgan fingerprint density at radius 1 is 1.10 bits per heavy atom. The number of ether oxygens (including phenoxy) is 1. The van der Waals surface area contributed by atoms with Crippen LogP contribution in [0.2, 0.25) is 0 Å². The highest BCUT2D eigenvalue weighted by Gasteiger charge is 2.80. The third kappa shape index (κ3) is 4.14. The molecule has 1 aromatic carbocycles. The molecule has 11 heteroatoms. The monoisotopic (exact) mass is 419 g/mol. The molecule has 1 saturated heterocycles. The Hall–Kier alpha value is -2.82. The van der Waals surface area contributed by atoms with Crippen LogP contribution in [0.3, 0.4) is 0 Å². The van der Waals surface area contributed by atoms with Crippen LogP contribution in [0.25, 0.3) is 0 Å². The number of rotatable bonds is 5. The zero-order chi connectivity index (χ0) is 22.2. The Kier molecular flexibility index (Phi) is 5.84. The molecule has 0 amide bonds. The molecule has 2 atom stereocenters. The summed E-state index contributed by atoms with van der Waals surface area (Å²) in [4.78, 5) is 33.8. The van der Waals surface area contributed by atoms with Crippen molar-refractivity contribution in [1.82, 2.24) is 4.90 Å². The minimum absolute atomic E-state index is 0.228. The van der Waals surface area contributed by atoms with E-state index in [1.54, 1.807) is 7.11 Å². The molecular formula is C18H20F3NO7. The van der Waals surface area contributed by atoms with E-state index < -0.39 is 34.9 Å². The molecule has 0 radical (unpaired) electrons. The van der Waals surface area contributed by atoms with Crippen LogP contribution in [0.15, 0.2) is 18.2 Å². The molecule has 2 fully saturated rings. The molecule has 160 valence electrons. The Balaban J connectivity index is 0.000000370. The van der Waals surface area contributed by atoms with Crippen molar-refractivity contribution >= 4 is 17.9 Å². The number of halogens is 3. The highest BCUT2D eigenvalue weighted by Crippen LogP contribution is 2.68. The number of nitrogens with zero attached hydrogens (tertiary/aromatic N) is 1. The van der Waals surface area contributed by atoms with Crippen LogP contribution in [0.1, 0.15) is 17.5 Å². The Labute approximate surface area is 163 Å². The van der Waals surface area contributed by atoms with Crippen LogP contribution in [-0.2, 0) is 20.9 Å². The van der Waals surface area contributed by atoms with E-state index in [9.17, 15) is 33.0 Å². The van der Waals surface area contributed by atoms with E-state index in [1.165, 1.54) is 0 Å². The Morgan fingerprint density at radius 3 is 1.97 bits per heavy atom. The standard InChI is InChI=1S/C16H19NO5.C2HF3O2/c1-10-3-4-11(12(5-10)22-2)6-17-8-15(13(18)19)7-16(15,9-17)14(20)21;3-2(4,5)1(6)7/h3-5H,6-9H2,1-2H3,(H,18,19)(H,20,21);(H,6,7)/t15-,16+;. The second kappa shape index (κ2) is 7.54. The van der Waals surface area contributed by atoms with Crippen LogP contribution < -0.4 is 4.74 Å². The van der Waals surface area contributed by atoms with E-state index in [0.717, 1.165) is 16.9 Å². The number of likely N-dealkylation sites (tertiary alicyclic amines) is 1. The quantitative estimate of drug-likeness (QED) is 0.662. The van der Waals surface area contributed by atoms with E-state index in [-0.39, 0.29) is 19.5 Å². The van der Waals surface area contributed by atoms with E-state index in [4.69, 9.17) is 14.6 Å². The summed E-state index contributed by atoms with van der Waals surface area (Å²) in [6.45, 7) is 3.00. The van der Waals surface area contributed by atoms with E-state index in [0.29, 0.717) is 6.54 Å². The Morgan fingerprint density at radius 2 is 1.59 bits per heavy atom. The number of hydrogen-bond acceptors (Lipinski definition) is 5. The molecule has 0 spiro atoms. The van der Waals surface area contributed by atoms with Crippen molar-refractivity contribution in [2.45, 2.75) is 26.1 Å². The van der Waals surface area contributed by atoms with Crippen molar-refractivity contribution in [3.63, 3.8) is 0 Å². The summed E-state index contributed by atoms with van der Waals surface area (Å²) in [6, 6.07) is 5.83. The van der Waals surface area contributed by atoms with Crippen molar-refractivity contribution in [1.29, 1.82) is 0 Å². The highest BCUT2D eigenvalue weighted by molar-refractivity contribution is 5.94. The number of carboxylic acid groups (broad SMARTS) is 3. The maximum absolute atomic E-state index is 11.5. The summed E-state index contributed by atoms with van der Waals surface area (Å²) >= 11 is 0. The first kappa shape index (κ1) is 22.5. The zero-order valence-corrected chi connectivity index (χ0v) is 15.6. The SMILES string of the molecule is COc1cc(C)ccc1CN1C[C@@]2(C(=O)O)C[C@@]2(C(=O)O)C1.O=C(O)C(F)(F)F. The Bertz CT molecular complexity index is 813. The first-order valence-corrected chi connectivity index (χ1v) is 8.42. The van der Waals surface area contributed by atoms with Gasteiger partial charge in [-0.3, -0.25) is 14.5 Å². The van der Waals surface area contributed by atoms with Gasteiger partial charge in [0.15, 0.2) is 0 Å². The summed E-state index contributed by atoms with van der Waals surface area (Å²) in [6.07, 6.45) is -4.85. The van der Waals surface area contributed by atoms with Crippen molar-refractivity contribution in [2.24, 2.45) is 10.8 Å². The van der Waals surface area contributed by atoms with Crippen LogP contribution in [-0.4, -0.2) is 64.5 Å². The highest BCUT2D eigenvalue weighted by atomic mass is 19.4. The third-order valence-electron chi connectivity index (χ3n) is 5.28. The number of hydrogen-bond donors (Lipinski definition) is 3. The van der Waals surface area contributed by atoms with Crippen molar-refractivity contribution < 1.29 is 47.6 Å². The summed E-state index contributed by atoms with van der Waals surface area (Å²) in [7, 11) is 1.59. The first-order valence-electron chi connectivity index (χ1n) is 8.42. The minimum atomic E-state index is -5.08. The number of aryl methyl sites for hydroxylation is 1. The lowest BCUT2D eigenvalue weighted by Crippen LogP contribution is -2.28. The van der Waals surface area contributed by atoms with Crippen molar-refractivity contribution in [3.8, 4) is 5.75 Å². The second-order valence-corrected chi connectivity index (χ2v) is 7.21. The maximum Gasteiger partial charge on any atom is 0.490 e. The first-order chi connectivity index (χ1) is 13.3. The smallest absolute Gasteiger partial charge is 0.490 e. The van der Waals surface area contributed by atoms with E-state index in [2.05, 4.69) is 0 Å². The van der Waals surface area contributed by atoms with Gasteiger partial charge in [0.05, 0.1) is 17.9 Å². The number of carbonyl (C=O) groups is 3. The van der Waals surface area contributed by atoms with Gasteiger partial charge in [-0.05, 0) is 25.0 Å². The number of methoxy groups -OCH3 is 1. The fraction of sp³-hybridized carbons (Fsp3) is 0.500. The number of alkyl halides is 3. The summed E-state index contributed by atoms with van der Waals surface area (Å²) in [5.74, 6) is -4.02. The van der Waals surface area contributed by atoms with Gasteiger partial charge >= 0.3 is 24.1 Å². The third-order valence-corrected chi connectivity index (χ3v) is 5.28. The van der Waals surface area contributed by atoms with Crippen LogP contribution >= 0.6 is 0 Å². The predicted molar refractivity (Wildman–Crippen MR) is 91.5 cm³/mol. The number of aliphatic carboxylic acids is 3. The average Bonchev–Trinajstić information content (AvgIpc) is 3.15. The van der Waals surface area contributed by atoms with Crippen LogP contribution in [0.4, 0.5) is 13.2 Å². The van der Waals surface area contributed by atoms with Crippen molar-refractivity contribution in [3.05, 3.63) is 29.3 Å². The average molecular weight is 419 g/mol. The van der Waals surface area contributed by atoms with Gasteiger partial charge in [0.25, 0.3) is 0 Å². The van der Waals surface area contributed by atoms with Gasteiger partial charge in [0.2, 0.25) is 0 Å². The molecule has 1 aliphatic carbocycles. The normalized spacial score (nSPS) is 25.4. The summed E-state index contributed by atoms with van der Waals surface area (Å²) < 4.78 is 37.1. The molecule has 3 N–H and O–H groups in total. The molecule has 8 nitrogen and oxygen atoms in total. The fourth-order valence-electron chi connectivity index (χ4n) is 3.74. The van der Waals surface area contributed by atoms with Crippen molar-refractivity contribution in [2.75, 3.05) is 20.2 Å². The van der Waals surface area contributed by atoms with Gasteiger partial charge < -0.3 is 20.1 Å². The molecule has 1 aromatic rings. The van der Waals surface area contributed by atoms with Gasteiger partial charge in [0.1, 0.15) is 5.75 Å². The number of carboxylic acids is 3. The molecule has 29 heavy (non-hydrogen) atoms. The van der Waals surface area contributed by atoms with Gasteiger partial charge in [-0.15, -0.1) is 0 Å². The number of benzene rings is 1. The van der Waals surface area contributed by atoms with Gasteiger partial charge in [-0.2, -0.15) is 13.2 Å². The predicted octanol–water partition coefficient (Wildman–Crippen LogP) is 2.00. The summed E-state index contributed by atoms with van der Waals surface area (Å²) in [5, 5.41) is 26.0. The van der Waals surface area contributed by atoms with E-state index >= 15 is 0 Å². The lowest BCUT2D eigenvalue weighted by Gasteiger charge is -2.21. The zero-order valence-electron chi connectivity index (χ0n) is 15.6. The van der Waals surface area contributed by atoms with Crippen LogP contribution in [0.5, 0.6) is 5.75 Å². The molecule has 1 saturated carbocycles. The largest absolute Gasteiger partial charge is 0.496 e. The van der Waals surface area contributed by atoms with Crippen LogP contribution in [0, 0.1) is 17.8 Å².